The Morgan fingerprint density at radius 3 is 2.70 bits per heavy atom. The molecule has 0 spiro atoms. The lowest BCUT2D eigenvalue weighted by Gasteiger charge is -2.40. The zero-order chi connectivity index (χ0) is 16.3. The van der Waals surface area contributed by atoms with Crippen LogP contribution < -0.4 is 5.32 Å². The molecule has 5 heteroatoms. The summed E-state index contributed by atoms with van der Waals surface area (Å²) >= 11 is 0. The molecule has 2 aromatic rings. The molecule has 3 rings (SSSR count). The van der Waals surface area contributed by atoms with Gasteiger partial charge in [0.1, 0.15) is 5.82 Å². The molecule has 1 fully saturated rings. The Kier molecular flexibility index (Phi) is 4.48. The van der Waals surface area contributed by atoms with Crippen molar-refractivity contribution < 1.29 is 9.90 Å². The molecule has 0 radical (unpaired) electrons. The molecule has 0 aliphatic heterocycles. The molecule has 1 aliphatic carbocycles. The zero-order valence-electron chi connectivity index (χ0n) is 13.4. The number of imidazole rings is 1. The molecule has 1 saturated carbocycles. The van der Waals surface area contributed by atoms with Crippen molar-refractivity contribution in [2.45, 2.75) is 38.3 Å². The Morgan fingerprint density at radius 2 is 2.13 bits per heavy atom. The lowest BCUT2D eigenvalue weighted by molar-refractivity contribution is -0.152. The maximum Gasteiger partial charge on any atom is 0.256 e. The molecule has 2 N–H and O–H groups in total. The quantitative estimate of drug-likeness (QED) is 0.857. The number of benzene rings is 1. The Labute approximate surface area is 136 Å². The third-order valence-corrected chi connectivity index (χ3v) is 4.82. The standard InChI is InChI=1S/C18H23N3O2/c1-14-19-10-12-21(14)13-11-20-17(22)18(23,16-8-5-9-16)15-6-3-2-4-7-15/h2-4,6-7,10,12,16,23H,5,8-9,11,13H2,1H3,(H,20,22). The summed E-state index contributed by atoms with van der Waals surface area (Å²) < 4.78 is 1.98. The summed E-state index contributed by atoms with van der Waals surface area (Å²) in [7, 11) is 0. The van der Waals surface area contributed by atoms with E-state index in [9.17, 15) is 9.90 Å². The van der Waals surface area contributed by atoms with Crippen LogP contribution in [-0.4, -0.2) is 27.1 Å². The van der Waals surface area contributed by atoms with E-state index in [1.807, 2.05) is 48.0 Å². The average Bonchev–Trinajstić information content (AvgIpc) is 2.91. The molecule has 1 aliphatic rings. The van der Waals surface area contributed by atoms with Crippen molar-refractivity contribution in [3.05, 3.63) is 54.1 Å². The molecule has 0 bridgehead atoms. The van der Waals surface area contributed by atoms with E-state index >= 15 is 0 Å². The molecule has 1 heterocycles. The van der Waals surface area contributed by atoms with E-state index in [4.69, 9.17) is 0 Å². The molecule has 23 heavy (non-hydrogen) atoms. The van der Waals surface area contributed by atoms with E-state index in [2.05, 4.69) is 10.3 Å². The first-order valence-corrected chi connectivity index (χ1v) is 8.16. The molecule has 1 aromatic carbocycles. The van der Waals surface area contributed by atoms with Crippen molar-refractivity contribution in [1.29, 1.82) is 0 Å². The molecule has 5 nitrogen and oxygen atoms in total. The Morgan fingerprint density at radius 1 is 1.39 bits per heavy atom. The van der Waals surface area contributed by atoms with Gasteiger partial charge < -0.3 is 15.0 Å². The van der Waals surface area contributed by atoms with Crippen LogP contribution in [-0.2, 0) is 16.9 Å². The number of amides is 1. The second kappa shape index (κ2) is 6.54. The predicted octanol–water partition coefficient (Wildman–Crippen LogP) is 2.00. The van der Waals surface area contributed by atoms with Gasteiger partial charge in [0.15, 0.2) is 5.60 Å². The molecule has 1 atom stereocenters. The first-order chi connectivity index (χ1) is 11.1. The van der Waals surface area contributed by atoms with Gasteiger partial charge in [0, 0.05) is 31.4 Å². The topological polar surface area (TPSA) is 67.2 Å². The van der Waals surface area contributed by atoms with Crippen LogP contribution in [0.3, 0.4) is 0 Å². The fourth-order valence-corrected chi connectivity index (χ4v) is 3.14. The van der Waals surface area contributed by atoms with Gasteiger partial charge in [-0.05, 0) is 25.3 Å². The predicted molar refractivity (Wildman–Crippen MR) is 87.7 cm³/mol. The van der Waals surface area contributed by atoms with E-state index in [0.29, 0.717) is 18.7 Å². The molecule has 122 valence electrons. The third-order valence-electron chi connectivity index (χ3n) is 4.82. The van der Waals surface area contributed by atoms with Crippen LogP contribution in [0, 0.1) is 12.8 Å². The number of hydrogen-bond acceptors (Lipinski definition) is 3. The number of carbonyl (C=O) groups is 1. The Balaban J connectivity index is 1.70. The summed E-state index contributed by atoms with van der Waals surface area (Å²) in [5.41, 5.74) is -0.746. The maximum absolute atomic E-state index is 12.7. The number of aliphatic hydroxyl groups is 1. The maximum atomic E-state index is 12.7. The molecule has 1 amide bonds. The number of aromatic nitrogens is 2. The number of aryl methyl sites for hydroxylation is 1. The summed E-state index contributed by atoms with van der Waals surface area (Å²) in [5.74, 6) is 0.614. The zero-order valence-corrected chi connectivity index (χ0v) is 13.4. The minimum absolute atomic E-state index is 0.000110. The van der Waals surface area contributed by atoms with Gasteiger partial charge in [0.2, 0.25) is 0 Å². The number of rotatable bonds is 6. The van der Waals surface area contributed by atoms with Crippen molar-refractivity contribution in [2.75, 3.05) is 6.54 Å². The van der Waals surface area contributed by atoms with Crippen LogP contribution >= 0.6 is 0 Å². The van der Waals surface area contributed by atoms with Gasteiger partial charge in [-0.3, -0.25) is 4.79 Å². The summed E-state index contributed by atoms with van der Waals surface area (Å²) in [6.07, 6.45) is 6.48. The van der Waals surface area contributed by atoms with Crippen molar-refractivity contribution in [3.63, 3.8) is 0 Å². The first-order valence-electron chi connectivity index (χ1n) is 8.16. The van der Waals surface area contributed by atoms with Gasteiger partial charge in [-0.2, -0.15) is 0 Å². The van der Waals surface area contributed by atoms with Gasteiger partial charge in [-0.25, -0.2) is 4.98 Å². The Bertz CT molecular complexity index is 664. The highest BCUT2D eigenvalue weighted by molar-refractivity contribution is 5.86. The van der Waals surface area contributed by atoms with Crippen molar-refractivity contribution in [2.24, 2.45) is 5.92 Å². The molecular formula is C18H23N3O2. The van der Waals surface area contributed by atoms with Crippen LogP contribution in [0.4, 0.5) is 0 Å². The minimum Gasteiger partial charge on any atom is -0.375 e. The van der Waals surface area contributed by atoms with Crippen LogP contribution in [0.2, 0.25) is 0 Å². The average molecular weight is 313 g/mol. The second-order valence-electron chi connectivity index (χ2n) is 6.18. The van der Waals surface area contributed by atoms with Crippen LogP contribution in [0.1, 0.15) is 30.7 Å². The summed E-state index contributed by atoms with van der Waals surface area (Å²) in [6.45, 7) is 3.04. The largest absolute Gasteiger partial charge is 0.375 e. The van der Waals surface area contributed by atoms with E-state index in [1.54, 1.807) is 6.20 Å². The normalized spacial score (nSPS) is 17.3. The minimum atomic E-state index is -1.43. The molecular weight excluding hydrogens is 290 g/mol. The van der Waals surface area contributed by atoms with Gasteiger partial charge in [-0.15, -0.1) is 0 Å². The number of nitrogens with one attached hydrogen (secondary N) is 1. The van der Waals surface area contributed by atoms with Gasteiger partial charge in [-0.1, -0.05) is 36.8 Å². The molecule has 0 saturated heterocycles. The highest BCUT2D eigenvalue weighted by atomic mass is 16.3. The van der Waals surface area contributed by atoms with Crippen LogP contribution in [0.25, 0.3) is 0 Å². The number of nitrogens with zero attached hydrogens (tertiary/aromatic N) is 2. The van der Waals surface area contributed by atoms with Crippen molar-refractivity contribution in [1.82, 2.24) is 14.9 Å². The number of hydrogen-bond donors (Lipinski definition) is 2. The highest BCUT2D eigenvalue weighted by Gasteiger charge is 2.47. The first kappa shape index (κ1) is 15.7. The van der Waals surface area contributed by atoms with Gasteiger partial charge in [0.05, 0.1) is 0 Å². The smallest absolute Gasteiger partial charge is 0.256 e. The molecule has 1 aromatic heterocycles. The lowest BCUT2D eigenvalue weighted by Crippen LogP contribution is -2.52. The molecule has 1 unspecified atom stereocenters. The van der Waals surface area contributed by atoms with E-state index < -0.39 is 5.60 Å². The van der Waals surface area contributed by atoms with E-state index in [1.165, 1.54) is 0 Å². The number of carbonyl (C=O) groups excluding carboxylic acids is 1. The lowest BCUT2D eigenvalue weighted by atomic mass is 9.69. The summed E-state index contributed by atoms with van der Waals surface area (Å²) in [5, 5.41) is 14.1. The highest BCUT2D eigenvalue weighted by Crippen LogP contribution is 2.42. The van der Waals surface area contributed by atoms with E-state index in [-0.39, 0.29) is 11.8 Å². The monoisotopic (exact) mass is 313 g/mol. The van der Waals surface area contributed by atoms with Gasteiger partial charge in [0.25, 0.3) is 5.91 Å². The summed E-state index contributed by atoms with van der Waals surface area (Å²) in [6, 6.07) is 9.28. The van der Waals surface area contributed by atoms with Crippen LogP contribution in [0.15, 0.2) is 42.7 Å². The fourth-order valence-electron chi connectivity index (χ4n) is 3.14. The van der Waals surface area contributed by atoms with Crippen molar-refractivity contribution >= 4 is 5.91 Å². The van der Waals surface area contributed by atoms with Crippen LogP contribution in [0.5, 0.6) is 0 Å². The third kappa shape index (κ3) is 3.01. The van der Waals surface area contributed by atoms with Gasteiger partial charge >= 0.3 is 0 Å². The van der Waals surface area contributed by atoms with Crippen molar-refractivity contribution in [3.8, 4) is 0 Å². The summed E-state index contributed by atoms with van der Waals surface area (Å²) in [4.78, 5) is 16.9. The van der Waals surface area contributed by atoms with E-state index in [0.717, 1.165) is 25.1 Å². The fraction of sp³-hybridized carbons (Fsp3) is 0.444. The SMILES string of the molecule is Cc1nccn1CCNC(=O)C(O)(c1ccccc1)C1CCC1. The Hall–Kier alpha value is -2.14. The second-order valence-corrected chi connectivity index (χ2v) is 6.18.